The molecule has 1 atom stereocenters. The summed E-state index contributed by atoms with van der Waals surface area (Å²) in [6.07, 6.45) is 0.0399. The van der Waals surface area contributed by atoms with Gasteiger partial charge in [-0.25, -0.2) is 0 Å². The molecule has 0 amide bonds. The second-order valence-corrected chi connectivity index (χ2v) is 2.62. The van der Waals surface area contributed by atoms with Crippen LogP contribution in [-0.2, 0) is 4.79 Å². The number of carbonyl (C=O) groups is 1. The highest BCUT2D eigenvalue weighted by Crippen LogP contribution is 1.88. The third-order valence-corrected chi connectivity index (χ3v) is 1.04. The van der Waals surface area contributed by atoms with Crippen molar-refractivity contribution in [2.45, 2.75) is 12.5 Å². The van der Waals surface area contributed by atoms with E-state index in [4.69, 9.17) is 10.8 Å². The molecule has 0 aromatic heterocycles. The van der Waals surface area contributed by atoms with Crippen LogP contribution in [0.15, 0.2) is 0 Å². The minimum atomic E-state index is -0.839. The molecule has 0 aliphatic carbocycles. The lowest BCUT2D eigenvalue weighted by Crippen LogP contribution is -2.34. The topological polar surface area (TPSA) is 66.6 Å². The van der Waals surface area contributed by atoms with Crippen molar-refractivity contribution in [2.24, 2.45) is 5.73 Å². The standard InChI is InChI=1S/C6H14N2O2.2BrH/c1-8(2)4-5(7)3-6(9)10;;/h5H,3-4,7H2,1-2H3,(H,9,10);2*1H/t5-;;/m1../s1. The number of aliphatic carboxylic acids is 1. The van der Waals surface area contributed by atoms with E-state index in [1.807, 2.05) is 19.0 Å². The maximum Gasteiger partial charge on any atom is 0.304 e. The molecule has 3 N–H and O–H groups in total. The molecule has 0 aliphatic heterocycles. The van der Waals surface area contributed by atoms with E-state index in [1.165, 1.54) is 0 Å². The fraction of sp³-hybridized carbons (Fsp3) is 0.833. The van der Waals surface area contributed by atoms with Gasteiger partial charge in [0.15, 0.2) is 0 Å². The average molecular weight is 308 g/mol. The van der Waals surface area contributed by atoms with Crippen LogP contribution < -0.4 is 5.73 Å². The molecule has 0 rings (SSSR count). The summed E-state index contributed by atoms with van der Waals surface area (Å²) in [5, 5.41) is 8.30. The lowest BCUT2D eigenvalue weighted by Gasteiger charge is -2.14. The Morgan fingerprint density at radius 1 is 1.50 bits per heavy atom. The first-order valence-electron chi connectivity index (χ1n) is 3.14. The Bertz CT molecular complexity index is 122. The molecule has 0 unspecified atom stereocenters. The summed E-state index contributed by atoms with van der Waals surface area (Å²) in [6.45, 7) is 0.617. The number of rotatable bonds is 4. The van der Waals surface area contributed by atoms with Crippen LogP contribution in [0.2, 0.25) is 0 Å². The van der Waals surface area contributed by atoms with Crippen LogP contribution in [0.1, 0.15) is 6.42 Å². The molecular formula is C6H16Br2N2O2. The van der Waals surface area contributed by atoms with Gasteiger partial charge < -0.3 is 15.7 Å². The Labute approximate surface area is 93.6 Å². The highest BCUT2D eigenvalue weighted by atomic mass is 79.9. The molecule has 0 aromatic carbocycles. The van der Waals surface area contributed by atoms with Crippen molar-refractivity contribution in [3.8, 4) is 0 Å². The van der Waals surface area contributed by atoms with Crippen LogP contribution in [0, 0.1) is 0 Å². The zero-order valence-corrected chi connectivity index (χ0v) is 10.6. The number of likely N-dealkylation sites (N-methyl/N-ethyl adjacent to an activating group) is 1. The van der Waals surface area contributed by atoms with Crippen molar-refractivity contribution in [2.75, 3.05) is 20.6 Å². The van der Waals surface area contributed by atoms with E-state index in [9.17, 15) is 4.79 Å². The number of carboxylic acid groups (broad SMARTS) is 1. The number of nitrogens with zero attached hydrogens (tertiary/aromatic N) is 1. The lowest BCUT2D eigenvalue weighted by molar-refractivity contribution is -0.137. The van der Waals surface area contributed by atoms with Gasteiger partial charge >= 0.3 is 5.97 Å². The first-order chi connectivity index (χ1) is 4.52. The third kappa shape index (κ3) is 13.0. The van der Waals surface area contributed by atoms with E-state index in [0.29, 0.717) is 6.54 Å². The Hall–Kier alpha value is 0.350. The fourth-order valence-electron chi connectivity index (χ4n) is 0.758. The van der Waals surface area contributed by atoms with Crippen molar-refractivity contribution in [3.63, 3.8) is 0 Å². The number of nitrogens with two attached hydrogens (primary N) is 1. The minimum absolute atomic E-state index is 0. The molecule has 76 valence electrons. The van der Waals surface area contributed by atoms with Crippen molar-refractivity contribution >= 4 is 39.9 Å². The molecule has 0 fully saturated rings. The van der Waals surface area contributed by atoms with Gasteiger partial charge in [-0.3, -0.25) is 4.79 Å². The number of carboxylic acids is 1. The SMILES string of the molecule is Br.Br.CN(C)C[C@H](N)CC(=O)O. The van der Waals surface area contributed by atoms with Crippen molar-refractivity contribution in [1.29, 1.82) is 0 Å². The van der Waals surface area contributed by atoms with Crippen LogP contribution in [-0.4, -0.2) is 42.7 Å². The van der Waals surface area contributed by atoms with Crippen LogP contribution >= 0.6 is 34.0 Å². The van der Waals surface area contributed by atoms with Gasteiger partial charge in [-0.05, 0) is 14.1 Å². The number of hydrogen-bond donors (Lipinski definition) is 2. The third-order valence-electron chi connectivity index (χ3n) is 1.04. The summed E-state index contributed by atoms with van der Waals surface area (Å²) < 4.78 is 0. The molecule has 0 radical (unpaired) electrons. The second-order valence-electron chi connectivity index (χ2n) is 2.62. The lowest BCUT2D eigenvalue weighted by atomic mass is 10.2. The fourth-order valence-corrected chi connectivity index (χ4v) is 0.758. The van der Waals surface area contributed by atoms with E-state index in [1.54, 1.807) is 0 Å². The first-order valence-corrected chi connectivity index (χ1v) is 3.14. The Morgan fingerprint density at radius 2 is 1.92 bits per heavy atom. The molecule has 0 spiro atoms. The normalized spacial score (nSPS) is 11.3. The molecule has 0 saturated carbocycles. The largest absolute Gasteiger partial charge is 0.481 e. The van der Waals surface area contributed by atoms with E-state index >= 15 is 0 Å². The van der Waals surface area contributed by atoms with Gasteiger partial charge in [-0.1, -0.05) is 0 Å². The van der Waals surface area contributed by atoms with Crippen LogP contribution in [0.5, 0.6) is 0 Å². The molecule has 12 heavy (non-hydrogen) atoms. The van der Waals surface area contributed by atoms with Gasteiger partial charge in [0.05, 0.1) is 6.42 Å². The van der Waals surface area contributed by atoms with Crippen LogP contribution in [0.3, 0.4) is 0 Å². The monoisotopic (exact) mass is 306 g/mol. The van der Waals surface area contributed by atoms with Crippen LogP contribution in [0.4, 0.5) is 0 Å². The van der Waals surface area contributed by atoms with Crippen molar-refractivity contribution in [1.82, 2.24) is 4.90 Å². The molecule has 0 aromatic rings. The maximum absolute atomic E-state index is 10.1. The molecule has 0 saturated heterocycles. The van der Waals surface area contributed by atoms with Gasteiger partial charge in [-0.15, -0.1) is 34.0 Å². The zero-order chi connectivity index (χ0) is 8.15. The molecule has 4 nitrogen and oxygen atoms in total. The predicted octanol–water partition coefficient (Wildman–Crippen LogP) is 0.506. The van der Waals surface area contributed by atoms with E-state index in [2.05, 4.69) is 0 Å². The van der Waals surface area contributed by atoms with Gasteiger partial charge in [0.2, 0.25) is 0 Å². The van der Waals surface area contributed by atoms with Gasteiger partial charge in [-0.2, -0.15) is 0 Å². The zero-order valence-electron chi connectivity index (χ0n) is 7.19. The predicted molar refractivity (Wildman–Crippen MR) is 59.4 cm³/mol. The van der Waals surface area contributed by atoms with E-state index < -0.39 is 5.97 Å². The number of halogens is 2. The Kier molecular flexibility index (Phi) is 14.3. The molecule has 6 heteroatoms. The molecular weight excluding hydrogens is 292 g/mol. The maximum atomic E-state index is 10.1. The quantitative estimate of drug-likeness (QED) is 0.794. The van der Waals surface area contributed by atoms with Gasteiger partial charge in [0.1, 0.15) is 0 Å². The Morgan fingerprint density at radius 3 is 2.17 bits per heavy atom. The second kappa shape index (κ2) is 9.44. The first kappa shape index (κ1) is 18.2. The summed E-state index contributed by atoms with van der Waals surface area (Å²) >= 11 is 0. The van der Waals surface area contributed by atoms with Gasteiger partial charge in [0.25, 0.3) is 0 Å². The summed E-state index contributed by atoms with van der Waals surface area (Å²) in [5.41, 5.74) is 5.45. The minimum Gasteiger partial charge on any atom is -0.481 e. The van der Waals surface area contributed by atoms with Gasteiger partial charge in [0, 0.05) is 12.6 Å². The summed E-state index contributed by atoms with van der Waals surface area (Å²) in [6, 6.07) is -0.257. The molecule has 0 aliphatic rings. The molecule has 0 bridgehead atoms. The molecule has 0 heterocycles. The summed E-state index contributed by atoms with van der Waals surface area (Å²) in [4.78, 5) is 12.0. The summed E-state index contributed by atoms with van der Waals surface area (Å²) in [7, 11) is 3.73. The van der Waals surface area contributed by atoms with Crippen LogP contribution in [0.25, 0.3) is 0 Å². The smallest absolute Gasteiger partial charge is 0.304 e. The number of hydrogen-bond acceptors (Lipinski definition) is 3. The average Bonchev–Trinajstić information content (AvgIpc) is 1.58. The van der Waals surface area contributed by atoms with Crippen molar-refractivity contribution < 1.29 is 9.90 Å². The highest BCUT2D eigenvalue weighted by molar-refractivity contribution is 8.93. The summed E-state index contributed by atoms with van der Waals surface area (Å²) in [5.74, 6) is -0.839. The highest BCUT2D eigenvalue weighted by Gasteiger charge is 2.07. The van der Waals surface area contributed by atoms with E-state index in [0.717, 1.165) is 0 Å². The van der Waals surface area contributed by atoms with Crippen molar-refractivity contribution in [3.05, 3.63) is 0 Å². The van der Waals surface area contributed by atoms with E-state index in [-0.39, 0.29) is 46.4 Å². The Balaban J connectivity index is -0.000000405.